The van der Waals surface area contributed by atoms with Crippen molar-refractivity contribution in [1.29, 1.82) is 0 Å². The lowest BCUT2D eigenvalue weighted by molar-refractivity contribution is -0.146. The maximum absolute atomic E-state index is 13.6. The van der Waals surface area contributed by atoms with Gasteiger partial charge in [-0.2, -0.15) is 18.3 Å². The maximum Gasteiger partial charge on any atom is 0.513 e. The van der Waals surface area contributed by atoms with E-state index in [-0.39, 0.29) is 21.7 Å². The number of alkyl halides is 3. The number of benzene rings is 3. The summed E-state index contributed by atoms with van der Waals surface area (Å²) in [6.07, 6.45) is -4.54. The van der Waals surface area contributed by atoms with E-state index in [0.29, 0.717) is 0 Å². The van der Waals surface area contributed by atoms with Crippen LogP contribution in [-0.2, 0) is 26.9 Å². The van der Waals surface area contributed by atoms with E-state index in [0.717, 1.165) is 23.8 Å². The molecule has 34 heavy (non-hydrogen) atoms. The second-order valence-electron chi connectivity index (χ2n) is 7.08. The molecule has 0 heterocycles. The third-order valence-corrected chi connectivity index (χ3v) is 6.81. The highest BCUT2D eigenvalue weighted by Gasteiger charge is 2.36. The Labute approximate surface area is 208 Å². The fraction of sp³-hybridized carbons (Fsp3) is 0.174. The number of nitrogens with one attached hydrogen (secondary N) is 1. The molecule has 2 atom stereocenters. The minimum atomic E-state index is -4.54. The highest BCUT2D eigenvalue weighted by Crippen LogP contribution is 2.47. The van der Waals surface area contributed by atoms with Gasteiger partial charge < -0.3 is 13.8 Å². The van der Waals surface area contributed by atoms with Crippen LogP contribution in [-0.4, -0.2) is 12.0 Å². The van der Waals surface area contributed by atoms with Crippen LogP contribution in [0, 0.1) is 3.57 Å². The summed E-state index contributed by atoms with van der Waals surface area (Å²) in [5.41, 5.74) is -0.115. The second kappa shape index (κ2) is 11.2. The molecular weight excluding hydrogens is 585 g/mol. The van der Waals surface area contributed by atoms with Crippen molar-refractivity contribution in [3.63, 3.8) is 0 Å². The summed E-state index contributed by atoms with van der Waals surface area (Å²) in [5, 5.41) is 2.51. The van der Waals surface area contributed by atoms with Gasteiger partial charge in [-0.25, -0.2) is 4.57 Å². The number of rotatable bonds is 9. The molecule has 3 aromatic carbocycles. The molecule has 6 nitrogen and oxygen atoms in total. The van der Waals surface area contributed by atoms with E-state index in [9.17, 15) is 22.5 Å². The Kier molecular flexibility index (Phi) is 8.62. The molecule has 0 amide bonds. The van der Waals surface area contributed by atoms with Crippen molar-refractivity contribution in [3.05, 3.63) is 93.6 Å². The fourth-order valence-corrected chi connectivity index (χ4v) is 5.06. The number of hydrogen-bond acceptors (Lipinski definition) is 5. The standard InChI is InChI=1S/C23H20F3INO5P/c1-16(22(29)31-15-17-8-4-2-5-9-17)28-34(30,32-19-10-6-3-7-11-19)33-21-13-12-18(14-20(21)27)23(24,25)26/h2-14,16H,15H2,1H3,(H,28,30)/t16-,34?/m0/s1. The van der Waals surface area contributed by atoms with E-state index in [2.05, 4.69) is 5.09 Å². The molecule has 3 rings (SSSR count). The van der Waals surface area contributed by atoms with Crippen LogP contribution in [0.3, 0.4) is 0 Å². The first-order valence-electron chi connectivity index (χ1n) is 9.95. The summed E-state index contributed by atoms with van der Waals surface area (Å²) >= 11 is 1.64. The van der Waals surface area contributed by atoms with Crippen LogP contribution in [0.1, 0.15) is 18.1 Å². The van der Waals surface area contributed by atoms with Crippen LogP contribution in [0.15, 0.2) is 78.9 Å². The zero-order chi connectivity index (χ0) is 24.8. The van der Waals surface area contributed by atoms with Gasteiger partial charge in [-0.3, -0.25) is 4.79 Å². The Morgan fingerprint density at radius 3 is 2.21 bits per heavy atom. The quantitative estimate of drug-likeness (QED) is 0.169. The molecule has 0 saturated carbocycles. The molecule has 180 valence electrons. The Morgan fingerprint density at radius 2 is 1.62 bits per heavy atom. The number of esters is 1. The molecule has 0 aliphatic rings. The first-order valence-corrected chi connectivity index (χ1v) is 12.6. The Hall–Kier alpha value is -2.56. The minimum Gasteiger partial charge on any atom is -0.460 e. The van der Waals surface area contributed by atoms with Crippen LogP contribution in [0.2, 0.25) is 0 Å². The van der Waals surface area contributed by atoms with Crippen molar-refractivity contribution in [1.82, 2.24) is 5.09 Å². The van der Waals surface area contributed by atoms with Crippen LogP contribution < -0.4 is 14.1 Å². The summed E-state index contributed by atoms with van der Waals surface area (Å²) in [7, 11) is -4.29. The maximum atomic E-state index is 13.6. The molecule has 0 aromatic heterocycles. The minimum absolute atomic E-state index is 0.00714. The number of ether oxygens (including phenoxy) is 1. The Balaban J connectivity index is 1.78. The van der Waals surface area contributed by atoms with Crippen LogP contribution >= 0.6 is 30.3 Å². The highest BCUT2D eigenvalue weighted by atomic mass is 127. The average Bonchev–Trinajstić information content (AvgIpc) is 2.79. The number of para-hydroxylation sites is 1. The zero-order valence-electron chi connectivity index (χ0n) is 17.8. The number of carbonyl (C=O) groups is 1. The molecule has 0 fully saturated rings. The van der Waals surface area contributed by atoms with E-state index in [1.165, 1.54) is 19.1 Å². The molecule has 11 heteroatoms. The number of hydrogen-bond donors (Lipinski definition) is 1. The van der Waals surface area contributed by atoms with Crippen molar-refractivity contribution in [2.75, 3.05) is 0 Å². The first kappa shape index (κ1) is 26.1. The van der Waals surface area contributed by atoms with Gasteiger partial charge in [-0.05, 0) is 65.4 Å². The van der Waals surface area contributed by atoms with Gasteiger partial charge in [0.25, 0.3) is 0 Å². The van der Waals surface area contributed by atoms with Gasteiger partial charge in [-0.1, -0.05) is 48.5 Å². The van der Waals surface area contributed by atoms with Crippen molar-refractivity contribution < 1.29 is 36.3 Å². The molecule has 0 aliphatic carbocycles. The van der Waals surface area contributed by atoms with Gasteiger partial charge in [0.15, 0.2) is 0 Å². The van der Waals surface area contributed by atoms with E-state index in [1.54, 1.807) is 65.1 Å². The second-order valence-corrected chi connectivity index (χ2v) is 9.86. The van der Waals surface area contributed by atoms with Crippen molar-refractivity contribution in [2.45, 2.75) is 25.7 Å². The highest BCUT2D eigenvalue weighted by molar-refractivity contribution is 14.1. The predicted octanol–water partition coefficient (Wildman–Crippen LogP) is 6.60. The smallest absolute Gasteiger partial charge is 0.460 e. The lowest BCUT2D eigenvalue weighted by atomic mass is 10.2. The van der Waals surface area contributed by atoms with E-state index < -0.39 is 31.5 Å². The monoisotopic (exact) mass is 605 g/mol. The van der Waals surface area contributed by atoms with Gasteiger partial charge in [0.2, 0.25) is 0 Å². The molecule has 0 radical (unpaired) electrons. The van der Waals surface area contributed by atoms with Gasteiger partial charge in [0, 0.05) is 0 Å². The van der Waals surface area contributed by atoms with Crippen molar-refractivity contribution in [3.8, 4) is 11.5 Å². The third-order valence-electron chi connectivity index (χ3n) is 4.38. The van der Waals surface area contributed by atoms with E-state index in [1.807, 2.05) is 6.07 Å². The van der Waals surface area contributed by atoms with Crippen LogP contribution in [0.5, 0.6) is 11.5 Å². The van der Waals surface area contributed by atoms with Crippen molar-refractivity contribution >= 4 is 36.3 Å². The summed E-state index contributed by atoms with van der Waals surface area (Å²) in [4.78, 5) is 12.5. The SMILES string of the molecule is C[C@H](NP(=O)(Oc1ccccc1)Oc1ccc(C(F)(F)F)cc1I)C(=O)OCc1ccccc1. The van der Waals surface area contributed by atoms with Crippen LogP contribution in [0.25, 0.3) is 0 Å². The number of halogens is 4. The molecule has 1 N–H and O–H groups in total. The molecule has 0 spiro atoms. The van der Waals surface area contributed by atoms with Crippen molar-refractivity contribution in [2.24, 2.45) is 0 Å². The molecule has 3 aromatic rings. The summed E-state index contributed by atoms with van der Waals surface area (Å²) in [5.74, 6) is -0.651. The Bertz CT molecular complexity index is 1160. The van der Waals surface area contributed by atoms with Gasteiger partial charge in [-0.15, -0.1) is 0 Å². The largest absolute Gasteiger partial charge is 0.513 e. The lowest BCUT2D eigenvalue weighted by Crippen LogP contribution is -2.35. The zero-order valence-corrected chi connectivity index (χ0v) is 20.8. The van der Waals surface area contributed by atoms with Gasteiger partial charge in [0.1, 0.15) is 24.1 Å². The molecular formula is C23H20F3INO5P. The molecule has 0 aliphatic heterocycles. The fourth-order valence-electron chi connectivity index (χ4n) is 2.72. The summed E-state index contributed by atoms with van der Waals surface area (Å²) in [6.45, 7) is 1.42. The topological polar surface area (TPSA) is 73.9 Å². The van der Waals surface area contributed by atoms with Gasteiger partial charge in [0.05, 0.1) is 9.13 Å². The van der Waals surface area contributed by atoms with E-state index >= 15 is 0 Å². The molecule has 0 bridgehead atoms. The Morgan fingerprint density at radius 1 is 1.00 bits per heavy atom. The van der Waals surface area contributed by atoms with E-state index in [4.69, 9.17) is 13.8 Å². The third kappa shape index (κ3) is 7.48. The number of carbonyl (C=O) groups excluding carboxylic acids is 1. The average molecular weight is 605 g/mol. The molecule has 0 saturated heterocycles. The normalized spacial score (nSPS) is 14.0. The summed E-state index contributed by atoms with van der Waals surface area (Å²) in [6, 6.07) is 18.6. The lowest BCUT2D eigenvalue weighted by Gasteiger charge is -2.23. The summed E-state index contributed by atoms with van der Waals surface area (Å²) < 4.78 is 68.9. The van der Waals surface area contributed by atoms with Gasteiger partial charge >= 0.3 is 19.9 Å². The van der Waals surface area contributed by atoms with Crippen LogP contribution in [0.4, 0.5) is 13.2 Å². The molecule has 1 unspecified atom stereocenters. The first-order chi connectivity index (χ1) is 16.1. The predicted molar refractivity (Wildman–Crippen MR) is 128 cm³/mol.